The van der Waals surface area contributed by atoms with Crippen molar-refractivity contribution in [3.63, 3.8) is 0 Å². The molecule has 4 rings (SSSR count). The summed E-state index contributed by atoms with van der Waals surface area (Å²) < 4.78 is 0. The summed E-state index contributed by atoms with van der Waals surface area (Å²) in [5, 5.41) is 3.47. The third-order valence-electron chi connectivity index (χ3n) is 4.50. The average Bonchev–Trinajstić information content (AvgIpc) is 3.00. The van der Waals surface area contributed by atoms with Crippen LogP contribution in [0.2, 0.25) is 10.0 Å². The van der Waals surface area contributed by atoms with E-state index in [0.29, 0.717) is 21.7 Å². The van der Waals surface area contributed by atoms with Crippen LogP contribution in [0.4, 0.5) is 17.3 Å². The molecule has 1 atom stereocenters. The van der Waals surface area contributed by atoms with E-state index >= 15 is 0 Å². The van der Waals surface area contributed by atoms with Crippen LogP contribution in [0.5, 0.6) is 0 Å². The standard InChI is InChI=1S/C20H16Cl2N4O/c1-12-11-13-5-2-3-8-17(13)26(12)20-23-10-9-16(24-20)19(27)25-18-14(21)6-4-7-15(18)22/h2-10,12H,11H2,1H3,(H,25,27). The molecule has 1 aliphatic heterocycles. The van der Waals surface area contributed by atoms with Crippen LogP contribution in [0, 0.1) is 0 Å². The summed E-state index contributed by atoms with van der Waals surface area (Å²) >= 11 is 12.3. The minimum absolute atomic E-state index is 0.207. The molecule has 0 aliphatic carbocycles. The van der Waals surface area contributed by atoms with Gasteiger partial charge in [0.1, 0.15) is 5.69 Å². The average molecular weight is 399 g/mol. The SMILES string of the molecule is CC1Cc2ccccc2N1c1nccc(C(=O)Nc2c(Cl)cccc2Cl)n1. The molecule has 1 N–H and O–H groups in total. The highest BCUT2D eigenvalue weighted by atomic mass is 35.5. The van der Waals surface area contributed by atoms with E-state index < -0.39 is 5.91 Å². The molecule has 27 heavy (non-hydrogen) atoms. The van der Waals surface area contributed by atoms with Crippen molar-refractivity contribution in [3.8, 4) is 0 Å². The van der Waals surface area contributed by atoms with Gasteiger partial charge in [0, 0.05) is 17.9 Å². The smallest absolute Gasteiger partial charge is 0.274 e. The van der Waals surface area contributed by atoms with Crippen molar-refractivity contribution in [2.45, 2.75) is 19.4 Å². The number of rotatable bonds is 3. The Hall–Kier alpha value is -2.63. The van der Waals surface area contributed by atoms with Crippen molar-refractivity contribution >= 4 is 46.4 Å². The third kappa shape index (κ3) is 3.36. The molecular weight excluding hydrogens is 383 g/mol. The Bertz CT molecular complexity index is 1000. The van der Waals surface area contributed by atoms with Gasteiger partial charge in [0.05, 0.1) is 15.7 Å². The van der Waals surface area contributed by atoms with E-state index in [1.807, 2.05) is 18.2 Å². The lowest BCUT2D eigenvalue weighted by Gasteiger charge is -2.22. The Labute approximate surface area is 167 Å². The molecule has 1 aliphatic rings. The summed E-state index contributed by atoms with van der Waals surface area (Å²) in [5.41, 5.74) is 2.92. The van der Waals surface area contributed by atoms with Crippen LogP contribution in [0.3, 0.4) is 0 Å². The van der Waals surface area contributed by atoms with E-state index in [-0.39, 0.29) is 11.7 Å². The lowest BCUT2D eigenvalue weighted by atomic mass is 10.1. The fourth-order valence-corrected chi connectivity index (χ4v) is 3.75. The van der Waals surface area contributed by atoms with Gasteiger partial charge < -0.3 is 10.2 Å². The number of anilines is 3. The number of fused-ring (bicyclic) bond motifs is 1. The van der Waals surface area contributed by atoms with E-state index in [0.717, 1.165) is 12.1 Å². The molecule has 5 nitrogen and oxygen atoms in total. The fourth-order valence-electron chi connectivity index (χ4n) is 3.26. The molecule has 0 saturated heterocycles. The summed E-state index contributed by atoms with van der Waals surface area (Å²) in [7, 11) is 0. The zero-order valence-electron chi connectivity index (χ0n) is 14.5. The van der Waals surface area contributed by atoms with Gasteiger partial charge >= 0.3 is 0 Å². The topological polar surface area (TPSA) is 58.1 Å². The number of para-hydroxylation sites is 2. The molecule has 1 amide bonds. The maximum atomic E-state index is 12.7. The predicted octanol–water partition coefficient (Wildman–Crippen LogP) is 5.12. The van der Waals surface area contributed by atoms with Gasteiger partial charge in [-0.25, -0.2) is 9.97 Å². The Morgan fingerprint density at radius 1 is 1.11 bits per heavy atom. The number of hydrogen-bond acceptors (Lipinski definition) is 4. The largest absolute Gasteiger partial charge is 0.318 e. The monoisotopic (exact) mass is 398 g/mol. The highest BCUT2D eigenvalue weighted by Crippen LogP contribution is 2.36. The van der Waals surface area contributed by atoms with Gasteiger partial charge in [-0.3, -0.25) is 4.79 Å². The molecule has 0 fully saturated rings. The van der Waals surface area contributed by atoms with Crippen molar-refractivity contribution in [2.75, 3.05) is 10.2 Å². The first kappa shape index (κ1) is 17.8. The summed E-state index contributed by atoms with van der Waals surface area (Å²) in [6.07, 6.45) is 2.49. The van der Waals surface area contributed by atoms with Crippen LogP contribution >= 0.6 is 23.2 Å². The van der Waals surface area contributed by atoms with Crippen molar-refractivity contribution in [3.05, 3.63) is 76.0 Å². The quantitative estimate of drug-likeness (QED) is 0.664. The molecule has 7 heteroatoms. The van der Waals surface area contributed by atoms with Crippen LogP contribution in [0.25, 0.3) is 0 Å². The van der Waals surface area contributed by atoms with Gasteiger partial charge in [0.15, 0.2) is 0 Å². The first-order valence-corrected chi connectivity index (χ1v) is 9.25. The second-order valence-electron chi connectivity index (χ2n) is 6.34. The van der Waals surface area contributed by atoms with E-state index in [2.05, 4.69) is 33.2 Å². The maximum Gasteiger partial charge on any atom is 0.274 e. The zero-order valence-corrected chi connectivity index (χ0v) is 16.0. The van der Waals surface area contributed by atoms with E-state index in [1.54, 1.807) is 30.5 Å². The number of aromatic nitrogens is 2. The highest BCUT2D eigenvalue weighted by molar-refractivity contribution is 6.40. The third-order valence-corrected chi connectivity index (χ3v) is 5.13. The fraction of sp³-hybridized carbons (Fsp3) is 0.150. The van der Waals surface area contributed by atoms with Crippen LogP contribution in [-0.4, -0.2) is 21.9 Å². The number of nitrogens with zero attached hydrogens (tertiary/aromatic N) is 3. The number of carbonyl (C=O) groups is 1. The van der Waals surface area contributed by atoms with Gasteiger partial charge in [-0.1, -0.05) is 47.5 Å². The van der Waals surface area contributed by atoms with Crippen LogP contribution in [-0.2, 0) is 6.42 Å². The second kappa shape index (κ2) is 7.18. The summed E-state index contributed by atoms with van der Waals surface area (Å²) in [4.78, 5) is 23.6. The summed E-state index contributed by atoms with van der Waals surface area (Å²) in [6.45, 7) is 2.11. The van der Waals surface area contributed by atoms with Crippen molar-refractivity contribution in [1.82, 2.24) is 9.97 Å². The molecule has 0 radical (unpaired) electrons. The van der Waals surface area contributed by atoms with Gasteiger partial charge in [0.2, 0.25) is 5.95 Å². The molecule has 136 valence electrons. The zero-order chi connectivity index (χ0) is 19.0. The Morgan fingerprint density at radius 3 is 2.63 bits per heavy atom. The van der Waals surface area contributed by atoms with E-state index in [9.17, 15) is 4.79 Å². The van der Waals surface area contributed by atoms with Crippen molar-refractivity contribution in [1.29, 1.82) is 0 Å². The Morgan fingerprint density at radius 2 is 1.85 bits per heavy atom. The highest BCUT2D eigenvalue weighted by Gasteiger charge is 2.29. The summed E-state index contributed by atoms with van der Waals surface area (Å²) in [5.74, 6) is 0.0964. The Balaban J connectivity index is 1.64. The lowest BCUT2D eigenvalue weighted by molar-refractivity contribution is 0.102. The van der Waals surface area contributed by atoms with E-state index in [1.165, 1.54) is 5.56 Å². The predicted molar refractivity (Wildman–Crippen MR) is 108 cm³/mol. The minimum Gasteiger partial charge on any atom is -0.318 e. The molecule has 0 bridgehead atoms. The van der Waals surface area contributed by atoms with Gasteiger partial charge in [-0.05, 0) is 43.2 Å². The number of halogens is 2. The van der Waals surface area contributed by atoms with Crippen molar-refractivity contribution in [2.24, 2.45) is 0 Å². The molecule has 2 heterocycles. The number of nitrogens with one attached hydrogen (secondary N) is 1. The maximum absolute atomic E-state index is 12.7. The van der Waals surface area contributed by atoms with Gasteiger partial charge in [-0.2, -0.15) is 0 Å². The number of amides is 1. The summed E-state index contributed by atoms with van der Waals surface area (Å²) in [6, 6.07) is 15.0. The molecule has 0 spiro atoms. The first-order chi connectivity index (χ1) is 13.0. The van der Waals surface area contributed by atoms with E-state index in [4.69, 9.17) is 23.2 Å². The lowest BCUT2D eigenvalue weighted by Crippen LogP contribution is -2.27. The van der Waals surface area contributed by atoms with Gasteiger partial charge in [-0.15, -0.1) is 0 Å². The molecule has 1 unspecified atom stereocenters. The second-order valence-corrected chi connectivity index (χ2v) is 7.16. The first-order valence-electron chi connectivity index (χ1n) is 8.50. The van der Waals surface area contributed by atoms with Crippen molar-refractivity contribution < 1.29 is 4.79 Å². The van der Waals surface area contributed by atoms with Gasteiger partial charge in [0.25, 0.3) is 5.91 Å². The van der Waals surface area contributed by atoms with Crippen LogP contribution < -0.4 is 10.2 Å². The van der Waals surface area contributed by atoms with Crippen LogP contribution in [0.1, 0.15) is 23.0 Å². The molecular formula is C20H16Cl2N4O. The normalized spacial score (nSPS) is 15.5. The Kier molecular flexibility index (Phi) is 4.72. The molecule has 0 saturated carbocycles. The number of carbonyl (C=O) groups excluding carboxylic acids is 1. The number of hydrogen-bond donors (Lipinski definition) is 1. The molecule has 3 aromatic rings. The minimum atomic E-state index is -0.395. The van der Waals surface area contributed by atoms with Crippen LogP contribution in [0.15, 0.2) is 54.7 Å². The molecule has 1 aromatic heterocycles. The molecule has 2 aromatic carbocycles. The number of benzene rings is 2.